The zero-order valence-corrected chi connectivity index (χ0v) is 10.6. The van der Waals surface area contributed by atoms with Gasteiger partial charge < -0.3 is 10.4 Å². The summed E-state index contributed by atoms with van der Waals surface area (Å²) in [6, 6.07) is 4.35. The minimum atomic E-state index is -1.06. The van der Waals surface area contributed by atoms with Crippen molar-refractivity contribution in [1.29, 1.82) is 0 Å². The molecule has 0 aliphatic heterocycles. The third-order valence-corrected chi connectivity index (χ3v) is 2.41. The summed E-state index contributed by atoms with van der Waals surface area (Å²) in [6.07, 6.45) is 3.94. The van der Waals surface area contributed by atoms with E-state index < -0.39 is 11.8 Å². The molecular weight excluding hydrogens is 249 g/mol. The number of amides is 1. The van der Waals surface area contributed by atoms with Gasteiger partial charge in [-0.2, -0.15) is 0 Å². The maximum absolute atomic E-state index is 13.3. The highest BCUT2D eigenvalue weighted by atomic mass is 19.1. The highest BCUT2D eigenvalue weighted by Crippen LogP contribution is 2.13. The molecule has 19 heavy (non-hydrogen) atoms. The van der Waals surface area contributed by atoms with Gasteiger partial charge in [0.1, 0.15) is 5.82 Å². The summed E-state index contributed by atoms with van der Waals surface area (Å²) >= 11 is 0. The van der Waals surface area contributed by atoms with E-state index in [2.05, 4.69) is 5.32 Å². The van der Waals surface area contributed by atoms with E-state index in [0.29, 0.717) is 13.0 Å². The number of benzene rings is 1. The van der Waals surface area contributed by atoms with Gasteiger partial charge in [0.05, 0.1) is 6.42 Å². The SMILES string of the molecule is CC(=O)NCCC=Cc1ccc(F)c(CC(=O)O)c1. The maximum Gasteiger partial charge on any atom is 0.307 e. The quantitative estimate of drug-likeness (QED) is 0.773. The van der Waals surface area contributed by atoms with Crippen LogP contribution in [0.2, 0.25) is 0 Å². The summed E-state index contributed by atoms with van der Waals surface area (Å²) in [5, 5.41) is 11.3. The fourth-order valence-corrected chi connectivity index (χ4v) is 1.55. The van der Waals surface area contributed by atoms with Gasteiger partial charge in [-0.05, 0) is 29.7 Å². The second kappa shape index (κ2) is 7.31. The Morgan fingerprint density at radius 3 is 2.79 bits per heavy atom. The fourth-order valence-electron chi connectivity index (χ4n) is 1.55. The van der Waals surface area contributed by atoms with E-state index in [1.165, 1.54) is 19.1 Å². The molecule has 1 amide bonds. The van der Waals surface area contributed by atoms with E-state index in [1.54, 1.807) is 12.1 Å². The van der Waals surface area contributed by atoms with Gasteiger partial charge in [-0.1, -0.05) is 18.2 Å². The minimum absolute atomic E-state index is 0.0843. The van der Waals surface area contributed by atoms with E-state index in [4.69, 9.17) is 5.11 Å². The van der Waals surface area contributed by atoms with Crippen LogP contribution in [0.3, 0.4) is 0 Å². The van der Waals surface area contributed by atoms with Gasteiger partial charge >= 0.3 is 5.97 Å². The number of aliphatic carboxylic acids is 1. The first-order valence-electron chi connectivity index (χ1n) is 5.90. The standard InChI is InChI=1S/C14H16FNO3/c1-10(17)16-7-3-2-4-11-5-6-13(15)12(8-11)9-14(18)19/h2,4-6,8H,3,7,9H2,1H3,(H,16,17)(H,18,19). The van der Waals surface area contributed by atoms with Crippen molar-refractivity contribution in [3.05, 3.63) is 41.2 Å². The Morgan fingerprint density at radius 1 is 1.42 bits per heavy atom. The topological polar surface area (TPSA) is 66.4 Å². The van der Waals surface area contributed by atoms with E-state index in [9.17, 15) is 14.0 Å². The molecule has 1 rings (SSSR count). The average molecular weight is 265 g/mol. The Hall–Kier alpha value is -2.17. The molecule has 0 radical (unpaired) electrons. The largest absolute Gasteiger partial charge is 0.481 e. The predicted octanol–water partition coefficient (Wildman–Crippen LogP) is 1.99. The molecular formula is C14H16FNO3. The summed E-state index contributed by atoms with van der Waals surface area (Å²) in [7, 11) is 0. The number of nitrogens with one attached hydrogen (secondary N) is 1. The molecule has 5 heteroatoms. The maximum atomic E-state index is 13.3. The number of carbonyl (C=O) groups excluding carboxylic acids is 1. The molecule has 0 saturated heterocycles. The van der Waals surface area contributed by atoms with Gasteiger partial charge in [-0.3, -0.25) is 9.59 Å². The van der Waals surface area contributed by atoms with Crippen molar-refractivity contribution in [2.45, 2.75) is 19.8 Å². The molecule has 0 unspecified atom stereocenters. The van der Waals surface area contributed by atoms with Crippen LogP contribution in [0.15, 0.2) is 24.3 Å². The summed E-state index contributed by atoms with van der Waals surface area (Å²) < 4.78 is 13.3. The number of hydrogen-bond donors (Lipinski definition) is 2. The van der Waals surface area contributed by atoms with Crippen molar-refractivity contribution < 1.29 is 19.1 Å². The second-order valence-electron chi connectivity index (χ2n) is 4.10. The zero-order valence-electron chi connectivity index (χ0n) is 10.6. The van der Waals surface area contributed by atoms with Crippen LogP contribution in [-0.2, 0) is 16.0 Å². The molecule has 0 saturated carbocycles. The molecule has 2 N–H and O–H groups in total. The van der Waals surface area contributed by atoms with Crippen molar-refractivity contribution in [2.24, 2.45) is 0 Å². The Balaban J connectivity index is 2.61. The van der Waals surface area contributed by atoms with E-state index in [1.807, 2.05) is 6.08 Å². The van der Waals surface area contributed by atoms with Gasteiger partial charge in [-0.25, -0.2) is 4.39 Å². The highest BCUT2D eigenvalue weighted by Gasteiger charge is 2.06. The van der Waals surface area contributed by atoms with Crippen molar-refractivity contribution >= 4 is 18.0 Å². The molecule has 1 aromatic rings. The lowest BCUT2D eigenvalue weighted by Gasteiger charge is -2.02. The van der Waals surface area contributed by atoms with Gasteiger partial charge in [0.2, 0.25) is 5.91 Å². The lowest BCUT2D eigenvalue weighted by molar-refractivity contribution is -0.136. The molecule has 102 valence electrons. The lowest BCUT2D eigenvalue weighted by atomic mass is 10.1. The van der Waals surface area contributed by atoms with Crippen LogP contribution in [-0.4, -0.2) is 23.5 Å². The van der Waals surface area contributed by atoms with Crippen LogP contribution in [0.25, 0.3) is 6.08 Å². The van der Waals surface area contributed by atoms with Crippen molar-refractivity contribution in [2.75, 3.05) is 6.54 Å². The van der Waals surface area contributed by atoms with Gasteiger partial charge in [0.25, 0.3) is 0 Å². The number of carboxylic acid groups (broad SMARTS) is 1. The van der Waals surface area contributed by atoms with Crippen LogP contribution in [0, 0.1) is 5.82 Å². The molecule has 0 spiro atoms. The number of carbonyl (C=O) groups is 2. The predicted molar refractivity (Wildman–Crippen MR) is 70.1 cm³/mol. The molecule has 0 heterocycles. The van der Waals surface area contributed by atoms with E-state index >= 15 is 0 Å². The number of hydrogen-bond acceptors (Lipinski definition) is 2. The highest BCUT2D eigenvalue weighted by molar-refractivity contribution is 5.72. The van der Waals surface area contributed by atoms with Crippen LogP contribution >= 0.6 is 0 Å². The van der Waals surface area contributed by atoms with Crippen LogP contribution in [0.1, 0.15) is 24.5 Å². The Kier molecular flexibility index (Phi) is 5.73. The van der Waals surface area contributed by atoms with Gasteiger partial charge in [0.15, 0.2) is 0 Å². The smallest absolute Gasteiger partial charge is 0.307 e. The first-order valence-corrected chi connectivity index (χ1v) is 5.90. The summed E-state index contributed by atoms with van der Waals surface area (Å²) in [5.41, 5.74) is 0.900. The van der Waals surface area contributed by atoms with E-state index in [0.717, 1.165) is 5.56 Å². The Labute approximate surface area is 110 Å². The normalized spacial score (nSPS) is 10.6. The summed E-state index contributed by atoms with van der Waals surface area (Å²) in [4.78, 5) is 21.2. The average Bonchev–Trinajstić information content (AvgIpc) is 2.31. The molecule has 0 aromatic heterocycles. The zero-order chi connectivity index (χ0) is 14.3. The summed E-state index contributed by atoms with van der Waals surface area (Å²) in [5.74, 6) is -1.66. The lowest BCUT2D eigenvalue weighted by Crippen LogP contribution is -2.20. The molecule has 0 bridgehead atoms. The molecule has 4 nitrogen and oxygen atoms in total. The van der Waals surface area contributed by atoms with Crippen LogP contribution in [0.5, 0.6) is 0 Å². The van der Waals surface area contributed by atoms with Crippen LogP contribution in [0.4, 0.5) is 4.39 Å². The van der Waals surface area contributed by atoms with Crippen molar-refractivity contribution in [3.8, 4) is 0 Å². The number of halogens is 1. The molecule has 1 aromatic carbocycles. The van der Waals surface area contributed by atoms with E-state index in [-0.39, 0.29) is 17.9 Å². The molecule has 0 aliphatic carbocycles. The Bertz CT molecular complexity index is 497. The second-order valence-corrected chi connectivity index (χ2v) is 4.10. The Morgan fingerprint density at radius 2 is 2.16 bits per heavy atom. The van der Waals surface area contributed by atoms with Crippen molar-refractivity contribution in [3.63, 3.8) is 0 Å². The van der Waals surface area contributed by atoms with Gasteiger partial charge in [0, 0.05) is 13.5 Å². The third-order valence-electron chi connectivity index (χ3n) is 2.41. The number of rotatable bonds is 6. The molecule has 0 fully saturated rings. The van der Waals surface area contributed by atoms with Crippen molar-refractivity contribution in [1.82, 2.24) is 5.32 Å². The van der Waals surface area contributed by atoms with Gasteiger partial charge in [-0.15, -0.1) is 0 Å². The monoisotopic (exact) mass is 265 g/mol. The molecule has 0 atom stereocenters. The number of carboxylic acids is 1. The molecule has 0 aliphatic rings. The van der Waals surface area contributed by atoms with Crippen LogP contribution < -0.4 is 5.32 Å². The summed E-state index contributed by atoms with van der Waals surface area (Å²) in [6.45, 7) is 1.98. The third kappa shape index (κ3) is 5.81. The minimum Gasteiger partial charge on any atom is -0.481 e. The first kappa shape index (κ1) is 14.9. The first-order chi connectivity index (χ1) is 8.99. The fraction of sp³-hybridized carbons (Fsp3) is 0.286.